The fourth-order valence-electron chi connectivity index (χ4n) is 2.64. The minimum absolute atomic E-state index is 0.0492. The van der Waals surface area contributed by atoms with Crippen LogP contribution in [0.4, 0.5) is 0 Å². The predicted octanol–water partition coefficient (Wildman–Crippen LogP) is 4.13. The number of aromatic nitrogens is 1. The molecule has 4 nitrogen and oxygen atoms in total. The molecule has 1 aromatic carbocycles. The highest BCUT2D eigenvalue weighted by atomic mass is 32.2. The molecule has 1 heterocycles. The summed E-state index contributed by atoms with van der Waals surface area (Å²) in [5.74, 6) is 0.505. The standard InChI is InChI=1S/C21H26N2O2S2/c1-14-10-15(2)23-20(19(14)11-22)26-12-17(24)13-27(25)18-8-6-16(7-9-18)21(3,4)5/h6-10,17,24H,12-13H2,1-5H3. The van der Waals surface area contributed by atoms with Crippen LogP contribution < -0.4 is 0 Å². The summed E-state index contributed by atoms with van der Waals surface area (Å²) in [4.78, 5) is 5.12. The van der Waals surface area contributed by atoms with Gasteiger partial charge in [-0.25, -0.2) is 4.98 Å². The van der Waals surface area contributed by atoms with Crippen LogP contribution >= 0.6 is 11.8 Å². The van der Waals surface area contributed by atoms with Crippen LogP contribution in [0.25, 0.3) is 0 Å². The van der Waals surface area contributed by atoms with Crippen LogP contribution in [0.3, 0.4) is 0 Å². The van der Waals surface area contributed by atoms with Crippen molar-refractivity contribution in [2.45, 2.75) is 56.1 Å². The van der Waals surface area contributed by atoms with Gasteiger partial charge in [-0.3, -0.25) is 4.21 Å². The van der Waals surface area contributed by atoms with Gasteiger partial charge in [-0.05, 0) is 48.6 Å². The minimum atomic E-state index is -1.27. The van der Waals surface area contributed by atoms with Gasteiger partial charge in [-0.1, -0.05) is 32.9 Å². The quantitative estimate of drug-likeness (QED) is 0.736. The van der Waals surface area contributed by atoms with Crippen LogP contribution in [0, 0.1) is 25.2 Å². The van der Waals surface area contributed by atoms with E-state index in [0.29, 0.717) is 21.2 Å². The van der Waals surface area contributed by atoms with Crippen LogP contribution in [-0.2, 0) is 16.2 Å². The number of thioether (sulfide) groups is 1. The summed E-state index contributed by atoms with van der Waals surface area (Å²) >= 11 is 1.33. The molecule has 1 N–H and O–H groups in total. The van der Waals surface area contributed by atoms with Crippen molar-refractivity contribution in [2.24, 2.45) is 0 Å². The van der Waals surface area contributed by atoms with E-state index < -0.39 is 16.9 Å². The van der Waals surface area contributed by atoms with E-state index in [0.717, 1.165) is 11.3 Å². The maximum absolute atomic E-state index is 12.5. The second-order valence-electron chi connectivity index (χ2n) is 7.62. The number of aliphatic hydroxyl groups is 1. The Labute approximate surface area is 168 Å². The van der Waals surface area contributed by atoms with E-state index in [1.54, 1.807) is 0 Å². The summed E-state index contributed by atoms with van der Waals surface area (Å²) in [7, 11) is -1.27. The third kappa shape index (κ3) is 5.90. The summed E-state index contributed by atoms with van der Waals surface area (Å²) in [6, 6.07) is 11.8. The molecule has 2 unspecified atom stereocenters. The van der Waals surface area contributed by atoms with Crippen molar-refractivity contribution in [1.29, 1.82) is 5.26 Å². The number of benzene rings is 1. The van der Waals surface area contributed by atoms with E-state index in [1.807, 2.05) is 44.2 Å². The molecule has 0 aliphatic rings. The molecule has 0 spiro atoms. The Morgan fingerprint density at radius 2 is 1.89 bits per heavy atom. The fourth-order valence-corrected chi connectivity index (χ4v) is 4.92. The highest BCUT2D eigenvalue weighted by Crippen LogP contribution is 2.25. The highest BCUT2D eigenvalue weighted by Gasteiger charge is 2.17. The molecule has 2 rings (SSSR count). The number of hydrogen-bond donors (Lipinski definition) is 1. The van der Waals surface area contributed by atoms with Crippen molar-refractivity contribution in [2.75, 3.05) is 11.5 Å². The zero-order chi connectivity index (χ0) is 20.2. The Hall–Kier alpha value is -1.68. The lowest BCUT2D eigenvalue weighted by Crippen LogP contribution is -2.20. The lowest BCUT2D eigenvalue weighted by molar-refractivity contribution is 0.224. The molecule has 144 valence electrons. The third-order valence-electron chi connectivity index (χ3n) is 4.16. The second kappa shape index (κ2) is 9.01. The first-order valence-electron chi connectivity index (χ1n) is 8.80. The van der Waals surface area contributed by atoms with Crippen LogP contribution in [0.15, 0.2) is 40.3 Å². The lowest BCUT2D eigenvalue weighted by Gasteiger charge is -2.19. The van der Waals surface area contributed by atoms with Crippen molar-refractivity contribution in [1.82, 2.24) is 4.98 Å². The monoisotopic (exact) mass is 402 g/mol. The number of pyridine rings is 1. The topological polar surface area (TPSA) is 74.0 Å². The summed E-state index contributed by atoms with van der Waals surface area (Å²) in [6.45, 7) is 10.2. The highest BCUT2D eigenvalue weighted by molar-refractivity contribution is 7.99. The first-order valence-corrected chi connectivity index (χ1v) is 11.1. The second-order valence-corrected chi connectivity index (χ2v) is 10.1. The number of nitrogens with zero attached hydrogens (tertiary/aromatic N) is 2. The van der Waals surface area contributed by atoms with E-state index in [4.69, 9.17) is 0 Å². The van der Waals surface area contributed by atoms with E-state index in [2.05, 4.69) is 31.8 Å². The van der Waals surface area contributed by atoms with Gasteiger partial charge in [0.25, 0.3) is 0 Å². The Kier molecular flexibility index (Phi) is 7.21. The van der Waals surface area contributed by atoms with E-state index in [9.17, 15) is 14.6 Å². The average molecular weight is 403 g/mol. The maximum Gasteiger partial charge on any atom is 0.114 e. The zero-order valence-electron chi connectivity index (χ0n) is 16.4. The molecule has 2 atom stereocenters. The SMILES string of the molecule is Cc1cc(C)c(C#N)c(SCC(O)CS(=O)c2ccc(C(C)(C)C)cc2)n1. The largest absolute Gasteiger partial charge is 0.391 e. The number of hydrogen-bond acceptors (Lipinski definition) is 5. The molecule has 0 fully saturated rings. The maximum atomic E-state index is 12.5. The predicted molar refractivity (Wildman–Crippen MR) is 112 cm³/mol. The van der Waals surface area contributed by atoms with Gasteiger partial charge < -0.3 is 5.11 Å². The van der Waals surface area contributed by atoms with E-state index >= 15 is 0 Å². The molecular weight excluding hydrogens is 376 g/mol. The average Bonchev–Trinajstić information content (AvgIpc) is 2.59. The summed E-state index contributed by atoms with van der Waals surface area (Å²) in [6.07, 6.45) is -0.743. The van der Waals surface area contributed by atoms with Crippen LogP contribution in [0.1, 0.15) is 43.2 Å². The van der Waals surface area contributed by atoms with Gasteiger partial charge in [0, 0.05) is 16.3 Å². The molecule has 0 saturated heterocycles. The molecule has 0 bridgehead atoms. The molecular formula is C21H26N2O2S2. The Morgan fingerprint density at radius 1 is 1.26 bits per heavy atom. The number of aliphatic hydroxyl groups excluding tert-OH is 1. The first-order chi connectivity index (χ1) is 12.6. The number of rotatable bonds is 6. The summed E-state index contributed by atoms with van der Waals surface area (Å²) in [5.41, 5.74) is 3.49. The molecule has 0 amide bonds. The number of nitriles is 1. The molecule has 1 aromatic heterocycles. The minimum Gasteiger partial charge on any atom is -0.391 e. The van der Waals surface area contributed by atoms with Crippen molar-refractivity contribution in [3.63, 3.8) is 0 Å². The van der Waals surface area contributed by atoms with Gasteiger partial charge in [0.15, 0.2) is 0 Å². The van der Waals surface area contributed by atoms with E-state index in [-0.39, 0.29) is 11.2 Å². The van der Waals surface area contributed by atoms with E-state index in [1.165, 1.54) is 17.3 Å². The van der Waals surface area contributed by atoms with Gasteiger partial charge >= 0.3 is 0 Å². The molecule has 6 heteroatoms. The van der Waals surface area contributed by atoms with Gasteiger partial charge in [0.2, 0.25) is 0 Å². The Morgan fingerprint density at radius 3 is 2.44 bits per heavy atom. The van der Waals surface area contributed by atoms with Crippen LogP contribution in [0.5, 0.6) is 0 Å². The molecule has 0 saturated carbocycles. The Balaban J connectivity index is 1.99. The normalized spacial score (nSPS) is 13.8. The Bertz CT molecular complexity index is 865. The first kappa shape index (κ1) is 21.6. The third-order valence-corrected chi connectivity index (χ3v) is 6.77. The molecule has 2 aromatic rings. The van der Waals surface area contributed by atoms with Gasteiger partial charge in [-0.2, -0.15) is 5.26 Å². The summed E-state index contributed by atoms with van der Waals surface area (Å²) in [5, 5.41) is 20.2. The van der Waals surface area contributed by atoms with Gasteiger partial charge in [0.05, 0.1) is 28.2 Å². The van der Waals surface area contributed by atoms with Gasteiger partial charge in [-0.15, -0.1) is 11.8 Å². The van der Waals surface area contributed by atoms with Crippen molar-refractivity contribution < 1.29 is 9.32 Å². The van der Waals surface area contributed by atoms with Crippen molar-refractivity contribution >= 4 is 22.6 Å². The number of aryl methyl sites for hydroxylation is 2. The molecule has 0 aliphatic carbocycles. The van der Waals surface area contributed by atoms with Gasteiger partial charge in [0.1, 0.15) is 11.1 Å². The van der Waals surface area contributed by atoms with Crippen LogP contribution in [0.2, 0.25) is 0 Å². The smallest absolute Gasteiger partial charge is 0.114 e. The molecule has 0 radical (unpaired) electrons. The molecule has 0 aliphatic heterocycles. The fraction of sp³-hybridized carbons (Fsp3) is 0.429. The lowest BCUT2D eigenvalue weighted by atomic mass is 9.87. The van der Waals surface area contributed by atoms with Crippen LogP contribution in [-0.4, -0.2) is 31.9 Å². The van der Waals surface area contributed by atoms with Crippen molar-refractivity contribution in [3.8, 4) is 6.07 Å². The summed E-state index contributed by atoms with van der Waals surface area (Å²) < 4.78 is 12.5. The van der Waals surface area contributed by atoms with Crippen molar-refractivity contribution in [3.05, 3.63) is 52.7 Å². The molecule has 27 heavy (non-hydrogen) atoms. The zero-order valence-corrected chi connectivity index (χ0v) is 18.1.